The number of aldehydes is 1. The van der Waals surface area contributed by atoms with Crippen LogP contribution in [0.5, 0.6) is 0 Å². The number of halogens is 1. The summed E-state index contributed by atoms with van der Waals surface area (Å²) < 4.78 is 1.06. The lowest BCUT2D eigenvalue weighted by Crippen LogP contribution is -1.88. The lowest BCUT2D eigenvalue weighted by atomic mass is 10.1. The van der Waals surface area contributed by atoms with Crippen molar-refractivity contribution in [2.24, 2.45) is 0 Å². The third-order valence-electron chi connectivity index (χ3n) is 2.09. The van der Waals surface area contributed by atoms with Crippen LogP contribution < -0.4 is 5.73 Å². The van der Waals surface area contributed by atoms with Crippen molar-refractivity contribution in [3.63, 3.8) is 0 Å². The first-order chi connectivity index (χ1) is 6.76. The fraction of sp³-hybridized carbons (Fsp3) is 0.100. The monoisotopic (exact) mass is 269 g/mol. The van der Waals surface area contributed by atoms with Gasteiger partial charge in [0.05, 0.1) is 10.4 Å². The van der Waals surface area contributed by atoms with E-state index in [4.69, 9.17) is 5.73 Å². The van der Waals surface area contributed by atoms with E-state index in [-0.39, 0.29) is 0 Å². The van der Waals surface area contributed by atoms with Gasteiger partial charge in [-0.05, 0) is 28.5 Å². The maximum atomic E-state index is 10.7. The molecule has 1 heterocycles. The number of rotatable bonds is 2. The van der Waals surface area contributed by atoms with Gasteiger partial charge in [-0.25, -0.2) is 0 Å². The Morgan fingerprint density at radius 3 is 2.93 bits per heavy atom. The van der Waals surface area contributed by atoms with E-state index in [2.05, 4.69) is 21.3 Å². The van der Waals surface area contributed by atoms with E-state index >= 15 is 0 Å². The molecule has 0 atom stereocenters. The average Bonchev–Trinajstić information content (AvgIpc) is 2.61. The third kappa shape index (κ3) is 1.44. The number of hydrogen-bond acceptors (Lipinski definition) is 3. The second-order valence-electron chi connectivity index (χ2n) is 3.00. The molecule has 0 aliphatic rings. The van der Waals surface area contributed by atoms with Crippen molar-refractivity contribution in [3.05, 3.63) is 28.6 Å². The zero-order chi connectivity index (χ0) is 10.1. The number of hydrogen-bond donors (Lipinski definition) is 1. The highest BCUT2D eigenvalue weighted by Crippen LogP contribution is 2.32. The van der Waals surface area contributed by atoms with Gasteiger partial charge in [-0.15, -0.1) is 11.3 Å². The quantitative estimate of drug-likeness (QED) is 0.517. The molecule has 0 saturated heterocycles. The molecule has 0 radical (unpaired) electrons. The molecule has 0 aliphatic heterocycles. The summed E-state index contributed by atoms with van der Waals surface area (Å²) in [6.07, 6.45) is 0.825. The zero-order valence-electron chi connectivity index (χ0n) is 7.29. The van der Waals surface area contributed by atoms with Crippen LogP contribution in [0, 0.1) is 0 Å². The lowest BCUT2D eigenvalue weighted by Gasteiger charge is -1.99. The molecule has 1 aromatic carbocycles. The molecule has 72 valence electrons. The minimum absolute atomic E-state index is 0.635. The van der Waals surface area contributed by atoms with E-state index in [0.717, 1.165) is 21.7 Å². The van der Waals surface area contributed by atoms with Crippen LogP contribution in [0.1, 0.15) is 15.9 Å². The van der Waals surface area contributed by atoms with E-state index < -0.39 is 0 Å². The topological polar surface area (TPSA) is 43.1 Å². The Labute approximate surface area is 93.9 Å². The molecule has 1 aromatic heterocycles. The number of fused-ring (bicyclic) bond motifs is 1. The number of thiophene rings is 1. The van der Waals surface area contributed by atoms with E-state index in [0.29, 0.717) is 11.3 Å². The van der Waals surface area contributed by atoms with Gasteiger partial charge in [0.25, 0.3) is 0 Å². The van der Waals surface area contributed by atoms with Gasteiger partial charge >= 0.3 is 0 Å². The minimum atomic E-state index is 0.635. The van der Waals surface area contributed by atoms with Crippen molar-refractivity contribution in [1.82, 2.24) is 0 Å². The summed E-state index contributed by atoms with van der Waals surface area (Å²) >= 11 is 5.02. The largest absolute Gasteiger partial charge is 0.398 e. The van der Waals surface area contributed by atoms with Crippen molar-refractivity contribution >= 4 is 49.3 Å². The van der Waals surface area contributed by atoms with Crippen LogP contribution in [0.25, 0.3) is 10.1 Å². The number of nitrogen functional groups attached to an aromatic ring is 1. The van der Waals surface area contributed by atoms with Gasteiger partial charge in [0.2, 0.25) is 0 Å². The molecule has 0 bridgehead atoms. The van der Waals surface area contributed by atoms with Gasteiger partial charge in [-0.3, -0.25) is 4.79 Å². The lowest BCUT2D eigenvalue weighted by molar-refractivity contribution is 0.112. The number of alkyl halides is 1. The Bertz CT molecular complexity index is 492. The van der Waals surface area contributed by atoms with Crippen LogP contribution in [0.3, 0.4) is 0 Å². The number of carbonyl (C=O) groups excluding carboxylic acids is 1. The van der Waals surface area contributed by atoms with E-state index in [1.54, 1.807) is 17.4 Å². The van der Waals surface area contributed by atoms with Crippen molar-refractivity contribution in [2.75, 3.05) is 5.73 Å². The molecular weight excluding hydrogens is 262 g/mol. The standard InChI is InChI=1S/C10H8BrNOS/c11-3-7-5-14-10-8(7)1-6(4-13)2-9(10)12/h1-2,4-5H,3,12H2. The SMILES string of the molecule is Nc1cc(C=O)cc2c(CBr)csc12. The zero-order valence-corrected chi connectivity index (χ0v) is 9.69. The summed E-state index contributed by atoms with van der Waals surface area (Å²) in [5.41, 5.74) is 8.33. The third-order valence-corrected chi connectivity index (χ3v) is 3.78. The normalized spacial score (nSPS) is 10.6. The van der Waals surface area contributed by atoms with Crippen LogP contribution in [-0.4, -0.2) is 6.29 Å². The molecule has 2 nitrogen and oxygen atoms in total. The smallest absolute Gasteiger partial charge is 0.150 e. The van der Waals surface area contributed by atoms with Gasteiger partial charge in [-0.2, -0.15) is 0 Å². The Morgan fingerprint density at radius 2 is 2.29 bits per heavy atom. The Balaban J connectivity index is 2.79. The molecule has 0 amide bonds. The van der Waals surface area contributed by atoms with Gasteiger partial charge in [-0.1, -0.05) is 15.9 Å². The van der Waals surface area contributed by atoms with Crippen LogP contribution in [-0.2, 0) is 5.33 Å². The van der Waals surface area contributed by atoms with Crippen LogP contribution in [0.2, 0.25) is 0 Å². The highest BCUT2D eigenvalue weighted by atomic mass is 79.9. The second-order valence-corrected chi connectivity index (χ2v) is 4.44. The number of carbonyl (C=O) groups is 1. The predicted octanol–water partition coefficient (Wildman–Crippen LogP) is 3.19. The summed E-state index contributed by atoms with van der Waals surface area (Å²) in [4.78, 5) is 10.7. The van der Waals surface area contributed by atoms with E-state index in [1.165, 1.54) is 5.56 Å². The molecule has 0 aliphatic carbocycles. The minimum Gasteiger partial charge on any atom is -0.398 e. The van der Waals surface area contributed by atoms with Gasteiger partial charge < -0.3 is 5.73 Å². The van der Waals surface area contributed by atoms with Gasteiger partial charge in [0.1, 0.15) is 6.29 Å². The summed E-state index contributed by atoms with van der Waals surface area (Å²) in [6.45, 7) is 0. The fourth-order valence-electron chi connectivity index (χ4n) is 1.41. The molecule has 14 heavy (non-hydrogen) atoms. The van der Waals surface area contributed by atoms with Crippen molar-refractivity contribution in [3.8, 4) is 0 Å². The highest BCUT2D eigenvalue weighted by Gasteiger charge is 2.07. The van der Waals surface area contributed by atoms with Gasteiger partial charge in [0.15, 0.2) is 0 Å². The summed E-state index contributed by atoms with van der Waals surface area (Å²) in [5, 5.41) is 3.92. The fourth-order valence-corrected chi connectivity index (χ4v) is 3.07. The van der Waals surface area contributed by atoms with Crippen molar-refractivity contribution < 1.29 is 4.79 Å². The summed E-state index contributed by atoms with van der Waals surface area (Å²) in [5.74, 6) is 0. The van der Waals surface area contributed by atoms with Crippen LogP contribution in [0.4, 0.5) is 5.69 Å². The predicted molar refractivity (Wildman–Crippen MR) is 64.3 cm³/mol. The van der Waals surface area contributed by atoms with E-state index in [1.807, 2.05) is 6.07 Å². The Hall–Kier alpha value is -0.870. The van der Waals surface area contributed by atoms with Gasteiger partial charge in [0, 0.05) is 10.9 Å². The van der Waals surface area contributed by atoms with Crippen molar-refractivity contribution in [2.45, 2.75) is 5.33 Å². The van der Waals surface area contributed by atoms with Crippen LogP contribution in [0.15, 0.2) is 17.5 Å². The molecule has 4 heteroatoms. The first-order valence-corrected chi connectivity index (χ1v) is 6.07. The highest BCUT2D eigenvalue weighted by molar-refractivity contribution is 9.08. The molecule has 2 N–H and O–H groups in total. The molecular formula is C10H8BrNOS. The molecule has 2 rings (SSSR count). The first kappa shape index (κ1) is 9.68. The van der Waals surface area contributed by atoms with Crippen molar-refractivity contribution in [1.29, 1.82) is 0 Å². The maximum absolute atomic E-state index is 10.7. The summed E-state index contributed by atoms with van der Waals surface area (Å²) in [7, 11) is 0. The molecule has 0 spiro atoms. The average molecular weight is 270 g/mol. The van der Waals surface area contributed by atoms with E-state index in [9.17, 15) is 4.79 Å². The maximum Gasteiger partial charge on any atom is 0.150 e. The second kappa shape index (κ2) is 3.71. The Morgan fingerprint density at radius 1 is 1.50 bits per heavy atom. The molecule has 0 saturated carbocycles. The molecule has 0 unspecified atom stereocenters. The number of benzene rings is 1. The Kier molecular flexibility index (Phi) is 2.56. The van der Waals surface area contributed by atoms with Crippen LogP contribution >= 0.6 is 27.3 Å². The molecule has 0 fully saturated rings. The first-order valence-electron chi connectivity index (χ1n) is 4.07. The summed E-state index contributed by atoms with van der Waals surface area (Å²) in [6, 6.07) is 3.59. The number of nitrogens with two attached hydrogens (primary N) is 1. The molecule has 2 aromatic rings. The number of anilines is 1.